The zero-order valence-corrected chi connectivity index (χ0v) is 22.8. The van der Waals surface area contributed by atoms with E-state index in [9.17, 15) is 9.59 Å². The summed E-state index contributed by atoms with van der Waals surface area (Å²) in [6, 6.07) is 12.0. The third-order valence-electron chi connectivity index (χ3n) is 7.47. The predicted octanol–water partition coefficient (Wildman–Crippen LogP) is 5.81. The van der Waals surface area contributed by atoms with Gasteiger partial charge in [-0.15, -0.1) is 0 Å². The van der Waals surface area contributed by atoms with Crippen LogP contribution in [-0.4, -0.2) is 45.1 Å². The number of rotatable bonds is 5. The maximum atomic E-state index is 14.2. The van der Waals surface area contributed by atoms with Gasteiger partial charge >= 0.3 is 6.09 Å². The molecule has 0 atom stereocenters. The van der Waals surface area contributed by atoms with Crippen molar-refractivity contribution in [1.29, 1.82) is 5.26 Å². The summed E-state index contributed by atoms with van der Waals surface area (Å²) in [5, 5.41) is 10.7. The van der Waals surface area contributed by atoms with Gasteiger partial charge < -0.3 is 19.1 Å². The number of halogens is 1. The monoisotopic (exact) mass is 533 g/mol. The highest BCUT2D eigenvalue weighted by molar-refractivity contribution is 6.31. The fraction of sp³-hybridized carbons (Fsp3) is 0.448. The van der Waals surface area contributed by atoms with E-state index in [0.29, 0.717) is 56.9 Å². The molecule has 2 aliphatic heterocycles. The van der Waals surface area contributed by atoms with Crippen molar-refractivity contribution in [1.82, 2.24) is 14.5 Å². The number of amides is 2. The van der Waals surface area contributed by atoms with Crippen LogP contribution < -0.4 is 4.90 Å². The number of aryl methyl sites for hydroxylation is 1. The third kappa shape index (κ3) is 4.71. The number of ether oxygens (including phenoxy) is 1. The van der Waals surface area contributed by atoms with Gasteiger partial charge in [0.1, 0.15) is 5.60 Å². The van der Waals surface area contributed by atoms with E-state index in [-0.39, 0.29) is 12.0 Å². The van der Waals surface area contributed by atoms with Crippen LogP contribution in [0.25, 0.3) is 10.9 Å². The number of aromatic nitrogens is 2. The minimum atomic E-state index is -0.697. The molecule has 3 aromatic rings. The van der Waals surface area contributed by atoms with Crippen molar-refractivity contribution < 1.29 is 14.3 Å². The highest BCUT2D eigenvalue weighted by Crippen LogP contribution is 2.48. The van der Waals surface area contributed by atoms with Crippen molar-refractivity contribution in [3.63, 3.8) is 0 Å². The first-order chi connectivity index (χ1) is 18.1. The number of likely N-dealkylation sites (tertiary alicyclic amines) is 1. The molecule has 8 nitrogen and oxygen atoms in total. The first-order valence-corrected chi connectivity index (χ1v) is 13.4. The number of unbranched alkanes of at least 4 members (excludes halogenated alkanes) is 1. The van der Waals surface area contributed by atoms with Gasteiger partial charge in [-0.3, -0.25) is 9.78 Å². The summed E-state index contributed by atoms with van der Waals surface area (Å²) in [6.07, 6.45) is 5.38. The lowest BCUT2D eigenvalue weighted by Gasteiger charge is -2.38. The number of piperidine rings is 1. The number of hydrogen-bond acceptors (Lipinski definition) is 5. The number of nitriles is 1. The molecular weight excluding hydrogens is 502 g/mol. The van der Waals surface area contributed by atoms with Crippen LogP contribution in [0.1, 0.15) is 57.7 Å². The molecule has 0 radical (unpaired) electrons. The number of anilines is 1. The Bertz CT molecular complexity index is 1430. The summed E-state index contributed by atoms with van der Waals surface area (Å²) >= 11 is 6.27. The number of benzene rings is 1. The number of carbonyl (C=O) groups excluding carboxylic acids is 2. The molecule has 198 valence electrons. The van der Waals surface area contributed by atoms with Gasteiger partial charge in [0.15, 0.2) is 0 Å². The fourth-order valence-electron chi connectivity index (χ4n) is 5.70. The molecule has 0 saturated carbocycles. The van der Waals surface area contributed by atoms with E-state index in [2.05, 4.69) is 21.7 Å². The van der Waals surface area contributed by atoms with Crippen LogP contribution in [0.15, 0.2) is 42.7 Å². The van der Waals surface area contributed by atoms with Gasteiger partial charge in [-0.2, -0.15) is 5.26 Å². The summed E-state index contributed by atoms with van der Waals surface area (Å²) < 4.78 is 7.75. The molecule has 4 heterocycles. The van der Waals surface area contributed by atoms with Crippen LogP contribution in [0.5, 0.6) is 0 Å². The van der Waals surface area contributed by atoms with Crippen molar-refractivity contribution in [3.8, 4) is 6.07 Å². The molecule has 1 fully saturated rings. The van der Waals surface area contributed by atoms with E-state index in [0.717, 1.165) is 27.8 Å². The molecule has 2 aromatic heterocycles. The Labute approximate surface area is 227 Å². The van der Waals surface area contributed by atoms with Gasteiger partial charge in [-0.25, -0.2) is 4.79 Å². The minimum absolute atomic E-state index is 0.0382. The van der Waals surface area contributed by atoms with Crippen LogP contribution >= 0.6 is 11.6 Å². The minimum Gasteiger partial charge on any atom is -0.444 e. The Kier molecular flexibility index (Phi) is 6.83. The summed E-state index contributed by atoms with van der Waals surface area (Å²) in [7, 11) is 0. The lowest BCUT2D eigenvalue weighted by atomic mass is 9.74. The molecule has 2 aliphatic rings. The molecule has 1 spiro atoms. The molecule has 0 unspecified atom stereocenters. The van der Waals surface area contributed by atoms with Crippen molar-refractivity contribution >= 4 is 40.2 Å². The van der Waals surface area contributed by atoms with Crippen LogP contribution in [0.3, 0.4) is 0 Å². The zero-order chi connectivity index (χ0) is 27.1. The van der Waals surface area contributed by atoms with Gasteiger partial charge in [0, 0.05) is 53.9 Å². The van der Waals surface area contributed by atoms with Crippen molar-refractivity contribution in [3.05, 3.63) is 59.0 Å². The summed E-state index contributed by atoms with van der Waals surface area (Å²) in [5.74, 6) is 0.0382. The van der Waals surface area contributed by atoms with Crippen LogP contribution in [-0.2, 0) is 28.0 Å². The second-order valence-electron chi connectivity index (χ2n) is 11.1. The molecule has 5 rings (SSSR count). The van der Waals surface area contributed by atoms with Gasteiger partial charge in [0.05, 0.1) is 29.9 Å². The first-order valence-electron chi connectivity index (χ1n) is 13.0. The maximum Gasteiger partial charge on any atom is 0.410 e. The van der Waals surface area contributed by atoms with Gasteiger partial charge in [0.2, 0.25) is 5.91 Å². The van der Waals surface area contributed by atoms with E-state index >= 15 is 0 Å². The molecular formula is C29H32ClN5O3. The highest BCUT2D eigenvalue weighted by atomic mass is 35.5. The van der Waals surface area contributed by atoms with Crippen molar-refractivity contribution in [2.75, 3.05) is 18.0 Å². The Morgan fingerprint density at radius 1 is 1.21 bits per heavy atom. The second kappa shape index (κ2) is 9.95. The molecule has 1 saturated heterocycles. The molecule has 0 N–H and O–H groups in total. The van der Waals surface area contributed by atoms with E-state index in [1.807, 2.05) is 49.9 Å². The molecule has 9 heteroatoms. The Morgan fingerprint density at radius 3 is 2.68 bits per heavy atom. The molecule has 0 aliphatic carbocycles. The lowest BCUT2D eigenvalue weighted by molar-refractivity contribution is -0.125. The average Bonchev–Trinajstić information content (AvgIpc) is 3.32. The molecule has 0 bridgehead atoms. The summed E-state index contributed by atoms with van der Waals surface area (Å²) in [6.45, 7) is 7.51. The van der Waals surface area contributed by atoms with Gasteiger partial charge in [-0.1, -0.05) is 11.6 Å². The van der Waals surface area contributed by atoms with Gasteiger partial charge in [-0.05, 0) is 75.9 Å². The summed E-state index contributed by atoms with van der Waals surface area (Å²) in [5.41, 5.74) is 2.52. The smallest absolute Gasteiger partial charge is 0.410 e. The number of hydrogen-bond donors (Lipinski definition) is 0. The normalized spacial score (nSPS) is 16.7. The Morgan fingerprint density at radius 2 is 1.97 bits per heavy atom. The predicted molar refractivity (Wildman–Crippen MR) is 146 cm³/mol. The standard InChI is InChI=1S/C29H32ClN5O3/c1-28(2,3)38-27(37)33-14-9-29(10-15-33)23-8-12-32-18-25(23)35(26(29)36)19-22-17-20-16-21(30)6-7-24(20)34(22)13-5-4-11-31/h6-8,12,16-18H,4-5,9-10,13-15,19H2,1-3H3. The summed E-state index contributed by atoms with van der Waals surface area (Å²) in [4.78, 5) is 34.7. The van der Waals surface area contributed by atoms with E-state index < -0.39 is 11.0 Å². The quantitative estimate of drug-likeness (QED) is 0.386. The Balaban J connectivity index is 1.44. The maximum absolute atomic E-state index is 14.2. The SMILES string of the molecule is CC(C)(C)OC(=O)N1CCC2(CC1)C(=O)N(Cc1cc3cc(Cl)ccc3n1CCCC#N)c1cnccc12. The second-order valence-corrected chi connectivity index (χ2v) is 11.5. The largest absolute Gasteiger partial charge is 0.444 e. The Hall–Kier alpha value is -3.57. The number of nitrogens with zero attached hydrogens (tertiary/aromatic N) is 5. The molecule has 2 amide bonds. The van der Waals surface area contributed by atoms with E-state index in [4.69, 9.17) is 21.6 Å². The van der Waals surface area contributed by atoms with Crippen molar-refractivity contribution in [2.45, 2.75) is 70.6 Å². The number of pyridine rings is 1. The zero-order valence-electron chi connectivity index (χ0n) is 22.0. The average molecular weight is 534 g/mol. The van der Waals surface area contributed by atoms with E-state index in [1.54, 1.807) is 17.3 Å². The topological polar surface area (TPSA) is 91.5 Å². The van der Waals surface area contributed by atoms with E-state index in [1.165, 1.54) is 0 Å². The molecule has 1 aromatic carbocycles. The van der Waals surface area contributed by atoms with Gasteiger partial charge in [0.25, 0.3) is 0 Å². The first kappa shape index (κ1) is 26.1. The molecule has 38 heavy (non-hydrogen) atoms. The van der Waals surface area contributed by atoms with Crippen LogP contribution in [0.2, 0.25) is 5.02 Å². The van der Waals surface area contributed by atoms with Crippen LogP contribution in [0.4, 0.5) is 10.5 Å². The van der Waals surface area contributed by atoms with Crippen molar-refractivity contribution in [2.24, 2.45) is 0 Å². The highest BCUT2D eigenvalue weighted by Gasteiger charge is 2.52. The third-order valence-corrected chi connectivity index (χ3v) is 7.70. The lowest BCUT2D eigenvalue weighted by Crippen LogP contribution is -2.50. The number of carbonyl (C=O) groups is 2. The number of fused-ring (bicyclic) bond motifs is 3. The van der Waals surface area contributed by atoms with Crippen LogP contribution in [0, 0.1) is 11.3 Å². The fourth-order valence-corrected chi connectivity index (χ4v) is 5.88.